The molecule has 3 aromatic rings. The van der Waals surface area contributed by atoms with Crippen molar-refractivity contribution in [1.29, 1.82) is 0 Å². The summed E-state index contributed by atoms with van der Waals surface area (Å²) in [6.45, 7) is 10.5. The molecular weight excluding hydrogens is 414 g/mol. The summed E-state index contributed by atoms with van der Waals surface area (Å²) in [5.41, 5.74) is 2.89. The summed E-state index contributed by atoms with van der Waals surface area (Å²) in [5, 5.41) is 0. The molecule has 0 saturated carbocycles. The molecule has 5 heteroatoms. The van der Waals surface area contributed by atoms with Gasteiger partial charge < -0.3 is 9.47 Å². The summed E-state index contributed by atoms with van der Waals surface area (Å²) >= 11 is 3.54. The third-order valence-corrected chi connectivity index (χ3v) is 5.05. The van der Waals surface area contributed by atoms with Crippen molar-refractivity contribution in [2.75, 3.05) is 13.1 Å². The minimum atomic E-state index is 0.141. The van der Waals surface area contributed by atoms with E-state index < -0.39 is 0 Å². The van der Waals surface area contributed by atoms with Gasteiger partial charge in [0.25, 0.3) is 0 Å². The quantitative estimate of drug-likeness (QED) is 0.477. The molecule has 0 bridgehead atoms. The van der Waals surface area contributed by atoms with E-state index >= 15 is 0 Å². The molecule has 1 heterocycles. The fraction of sp³-hybridized carbons (Fsp3) is 0.391. The first kappa shape index (κ1) is 20.6. The molecule has 0 saturated heterocycles. The number of carbonyl (C=O) groups excluding carboxylic acids is 1. The van der Waals surface area contributed by atoms with Crippen LogP contribution in [0.4, 0.5) is 0 Å². The summed E-state index contributed by atoms with van der Waals surface area (Å²) in [4.78, 5) is 20.1. The van der Waals surface area contributed by atoms with Gasteiger partial charge >= 0.3 is 0 Å². The van der Waals surface area contributed by atoms with Crippen molar-refractivity contribution in [3.8, 4) is 11.4 Å². The minimum Gasteiger partial charge on any atom is -0.341 e. The molecule has 0 aliphatic carbocycles. The van der Waals surface area contributed by atoms with E-state index in [1.165, 1.54) is 0 Å². The van der Waals surface area contributed by atoms with Crippen LogP contribution in [0.3, 0.4) is 0 Å². The highest BCUT2D eigenvalue weighted by molar-refractivity contribution is 9.10. The third kappa shape index (κ3) is 4.82. The van der Waals surface area contributed by atoms with Crippen molar-refractivity contribution in [2.24, 2.45) is 11.8 Å². The van der Waals surface area contributed by atoms with Crippen LogP contribution in [-0.4, -0.2) is 33.4 Å². The number of hydrogen-bond donors (Lipinski definition) is 0. The first-order valence-electron chi connectivity index (χ1n) is 9.84. The smallest absolute Gasteiger partial charge is 0.242 e. The zero-order chi connectivity index (χ0) is 20.3. The van der Waals surface area contributed by atoms with Crippen LogP contribution in [-0.2, 0) is 11.3 Å². The van der Waals surface area contributed by atoms with Crippen LogP contribution in [0.1, 0.15) is 27.7 Å². The van der Waals surface area contributed by atoms with Gasteiger partial charge in [-0.3, -0.25) is 4.79 Å². The van der Waals surface area contributed by atoms with Gasteiger partial charge in [0.05, 0.1) is 11.0 Å². The molecular formula is C23H28BrN3O. The number of carbonyl (C=O) groups is 1. The van der Waals surface area contributed by atoms with Gasteiger partial charge in [0.2, 0.25) is 5.91 Å². The van der Waals surface area contributed by atoms with Crippen LogP contribution >= 0.6 is 15.9 Å². The van der Waals surface area contributed by atoms with E-state index in [9.17, 15) is 4.79 Å². The molecule has 0 N–H and O–H groups in total. The Morgan fingerprint density at radius 1 is 1.04 bits per heavy atom. The van der Waals surface area contributed by atoms with Gasteiger partial charge in [-0.15, -0.1) is 0 Å². The van der Waals surface area contributed by atoms with E-state index in [1.54, 1.807) is 0 Å². The van der Waals surface area contributed by atoms with Crippen LogP contribution in [0.15, 0.2) is 53.0 Å². The number of amides is 1. The maximum Gasteiger partial charge on any atom is 0.242 e. The summed E-state index contributed by atoms with van der Waals surface area (Å²) < 4.78 is 3.05. The Bertz CT molecular complexity index is 951. The summed E-state index contributed by atoms with van der Waals surface area (Å²) in [7, 11) is 0. The Morgan fingerprint density at radius 3 is 2.36 bits per heavy atom. The van der Waals surface area contributed by atoms with E-state index in [2.05, 4.69) is 43.6 Å². The molecule has 0 atom stereocenters. The number of fused-ring (bicyclic) bond motifs is 1. The second kappa shape index (κ2) is 8.91. The largest absolute Gasteiger partial charge is 0.341 e. The lowest BCUT2D eigenvalue weighted by Crippen LogP contribution is -2.39. The topological polar surface area (TPSA) is 38.1 Å². The fourth-order valence-electron chi connectivity index (χ4n) is 3.48. The molecule has 0 unspecified atom stereocenters. The van der Waals surface area contributed by atoms with Gasteiger partial charge in [-0.05, 0) is 36.1 Å². The Hall–Kier alpha value is -2.14. The summed E-state index contributed by atoms with van der Waals surface area (Å²) in [5.74, 6) is 1.84. The maximum absolute atomic E-state index is 13.2. The van der Waals surface area contributed by atoms with Crippen LogP contribution < -0.4 is 0 Å². The lowest BCUT2D eigenvalue weighted by Gasteiger charge is -2.27. The number of rotatable bonds is 7. The van der Waals surface area contributed by atoms with Gasteiger partial charge in [0.1, 0.15) is 12.4 Å². The Balaban J connectivity index is 2.01. The van der Waals surface area contributed by atoms with Gasteiger partial charge in [-0.25, -0.2) is 4.98 Å². The Morgan fingerprint density at radius 2 is 1.71 bits per heavy atom. The third-order valence-electron chi connectivity index (χ3n) is 4.55. The monoisotopic (exact) mass is 441 g/mol. The van der Waals surface area contributed by atoms with Crippen molar-refractivity contribution < 1.29 is 4.79 Å². The molecule has 28 heavy (non-hydrogen) atoms. The van der Waals surface area contributed by atoms with Crippen LogP contribution in [0, 0.1) is 11.8 Å². The first-order valence-corrected chi connectivity index (χ1v) is 10.6. The molecule has 1 aromatic heterocycles. The van der Waals surface area contributed by atoms with Crippen molar-refractivity contribution in [3.05, 3.63) is 53.0 Å². The molecule has 2 aromatic carbocycles. The molecule has 0 radical (unpaired) electrons. The lowest BCUT2D eigenvalue weighted by molar-refractivity contribution is -0.132. The molecule has 0 spiro atoms. The highest BCUT2D eigenvalue weighted by Gasteiger charge is 2.20. The highest BCUT2D eigenvalue weighted by Crippen LogP contribution is 2.27. The average molecular weight is 442 g/mol. The average Bonchev–Trinajstić information content (AvgIpc) is 2.99. The number of imidazole rings is 1. The number of halogens is 1. The predicted octanol–water partition coefficient (Wildman–Crippen LogP) is 5.61. The fourth-order valence-corrected chi connectivity index (χ4v) is 3.88. The van der Waals surface area contributed by atoms with Crippen LogP contribution in [0.5, 0.6) is 0 Å². The molecule has 3 rings (SSSR count). The number of nitrogens with zero attached hydrogens (tertiary/aromatic N) is 3. The lowest BCUT2D eigenvalue weighted by atomic mass is 10.1. The van der Waals surface area contributed by atoms with Gasteiger partial charge in [0.15, 0.2) is 0 Å². The SMILES string of the molecule is CC(C)CN(CC(C)C)C(=O)Cn1c(-c2cccc(Br)c2)nc2ccccc21. The summed E-state index contributed by atoms with van der Waals surface area (Å²) in [6.07, 6.45) is 0. The highest BCUT2D eigenvalue weighted by atomic mass is 79.9. The van der Waals surface area contributed by atoms with Crippen LogP contribution in [0.2, 0.25) is 0 Å². The number of para-hydroxylation sites is 2. The normalized spacial score (nSPS) is 11.5. The van der Waals surface area contributed by atoms with E-state index in [0.29, 0.717) is 18.4 Å². The van der Waals surface area contributed by atoms with Gasteiger partial charge in [-0.1, -0.05) is 67.9 Å². The van der Waals surface area contributed by atoms with E-state index in [4.69, 9.17) is 4.98 Å². The standard InChI is InChI=1S/C23H28BrN3O/c1-16(2)13-26(14-17(3)4)22(28)15-27-21-11-6-5-10-20(21)25-23(27)18-8-7-9-19(24)12-18/h5-12,16-17H,13-15H2,1-4H3. The molecule has 4 nitrogen and oxygen atoms in total. The van der Waals surface area contributed by atoms with E-state index in [-0.39, 0.29) is 5.91 Å². The van der Waals surface area contributed by atoms with Crippen molar-refractivity contribution in [1.82, 2.24) is 14.5 Å². The van der Waals surface area contributed by atoms with E-state index in [1.807, 2.05) is 58.0 Å². The predicted molar refractivity (Wildman–Crippen MR) is 119 cm³/mol. The maximum atomic E-state index is 13.2. The zero-order valence-corrected chi connectivity index (χ0v) is 18.6. The number of benzene rings is 2. The minimum absolute atomic E-state index is 0.141. The molecule has 0 aliphatic heterocycles. The molecule has 0 aliphatic rings. The molecule has 1 amide bonds. The molecule has 148 valence electrons. The van der Waals surface area contributed by atoms with Crippen molar-refractivity contribution in [2.45, 2.75) is 34.2 Å². The zero-order valence-electron chi connectivity index (χ0n) is 17.0. The van der Waals surface area contributed by atoms with E-state index in [0.717, 1.165) is 40.0 Å². The molecule has 0 fully saturated rings. The second-order valence-electron chi connectivity index (χ2n) is 8.11. The Labute approximate surface area is 175 Å². The van der Waals surface area contributed by atoms with Gasteiger partial charge in [-0.2, -0.15) is 0 Å². The number of hydrogen-bond acceptors (Lipinski definition) is 2. The van der Waals surface area contributed by atoms with Crippen molar-refractivity contribution >= 4 is 32.9 Å². The Kier molecular flexibility index (Phi) is 6.55. The van der Waals surface area contributed by atoms with Gasteiger partial charge in [0, 0.05) is 23.1 Å². The van der Waals surface area contributed by atoms with Crippen LogP contribution in [0.25, 0.3) is 22.4 Å². The summed E-state index contributed by atoms with van der Waals surface area (Å²) in [6, 6.07) is 16.1. The first-order chi connectivity index (χ1) is 13.3. The van der Waals surface area contributed by atoms with Crippen molar-refractivity contribution in [3.63, 3.8) is 0 Å². The second-order valence-corrected chi connectivity index (χ2v) is 9.02. The number of aromatic nitrogens is 2.